The van der Waals surface area contributed by atoms with Crippen LogP contribution in [0.3, 0.4) is 0 Å². The highest BCUT2D eigenvalue weighted by Gasteiger charge is 2.23. The van der Waals surface area contributed by atoms with Crippen molar-refractivity contribution in [2.45, 2.75) is 32.6 Å². The van der Waals surface area contributed by atoms with Gasteiger partial charge in [-0.25, -0.2) is 0 Å². The summed E-state index contributed by atoms with van der Waals surface area (Å²) in [7, 11) is 0. The molecule has 0 fully saturated rings. The summed E-state index contributed by atoms with van der Waals surface area (Å²) in [5.41, 5.74) is -0.264. The highest BCUT2D eigenvalue weighted by molar-refractivity contribution is 5.64. The Labute approximate surface area is 49.6 Å². The first-order chi connectivity index (χ1) is 3.60. The van der Waals surface area contributed by atoms with E-state index < -0.39 is 0 Å². The van der Waals surface area contributed by atoms with Gasteiger partial charge in [0.2, 0.25) is 0 Å². The molecule has 1 heterocycles. The van der Waals surface area contributed by atoms with Gasteiger partial charge in [-0.05, 0) is 20.8 Å². The third-order valence-electron chi connectivity index (χ3n) is 1.07. The summed E-state index contributed by atoms with van der Waals surface area (Å²) >= 11 is 0. The van der Waals surface area contributed by atoms with E-state index in [9.17, 15) is 0 Å². The molecule has 0 aromatic rings. The minimum Gasteiger partial charge on any atom is -0.346 e. The van der Waals surface area contributed by atoms with Gasteiger partial charge in [0, 0.05) is 6.21 Å². The number of hydrogen-bond donors (Lipinski definition) is 0. The number of ether oxygens (including phenoxy) is 1. The quantitative estimate of drug-likeness (QED) is 0.462. The number of nitrogens with zero attached hydrogens (tertiary/aromatic N) is 1. The van der Waals surface area contributed by atoms with Crippen LogP contribution in [0.1, 0.15) is 20.8 Å². The van der Waals surface area contributed by atoms with Crippen LogP contribution in [0.5, 0.6) is 0 Å². The largest absolute Gasteiger partial charge is 0.346 e. The minimum atomic E-state index is -0.264. The van der Waals surface area contributed by atoms with E-state index in [4.69, 9.17) is 4.74 Å². The van der Waals surface area contributed by atoms with Gasteiger partial charge in [0.25, 0.3) is 0 Å². The van der Waals surface area contributed by atoms with E-state index in [1.165, 1.54) is 0 Å². The van der Waals surface area contributed by atoms with Crippen molar-refractivity contribution in [2.75, 3.05) is 0 Å². The average Bonchev–Trinajstić information content (AvgIpc) is 1.82. The lowest BCUT2D eigenvalue weighted by Gasteiger charge is -2.14. The Kier molecular flexibility index (Phi) is 1.12. The van der Waals surface area contributed by atoms with E-state index in [0.717, 1.165) is 0 Å². The summed E-state index contributed by atoms with van der Waals surface area (Å²) in [5.74, 6) is 0. The first-order valence-electron chi connectivity index (χ1n) is 2.83. The lowest BCUT2D eigenvalue weighted by atomic mass is 10.3. The average molecular weight is 113 g/mol. The molecule has 0 saturated heterocycles. The van der Waals surface area contributed by atoms with Crippen molar-refractivity contribution >= 4 is 6.21 Å². The predicted molar refractivity (Wildman–Crippen MR) is 33.1 cm³/mol. The molecule has 0 amide bonds. The maximum absolute atomic E-state index is 5.33. The monoisotopic (exact) mass is 113 g/mol. The van der Waals surface area contributed by atoms with Crippen molar-refractivity contribution in [3.63, 3.8) is 0 Å². The van der Waals surface area contributed by atoms with E-state index in [1.54, 1.807) is 0 Å². The molecule has 1 atom stereocenters. The van der Waals surface area contributed by atoms with Gasteiger partial charge in [0.15, 0.2) is 5.72 Å². The maximum atomic E-state index is 5.33. The summed E-state index contributed by atoms with van der Waals surface area (Å²) in [4.78, 5) is 4.10. The zero-order valence-corrected chi connectivity index (χ0v) is 5.51. The van der Waals surface area contributed by atoms with Gasteiger partial charge in [-0.15, -0.1) is 0 Å². The smallest absolute Gasteiger partial charge is 0.154 e. The molecule has 0 N–H and O–H groups in total. The molecule has 8 heavy (non-hydrogen) atoms. The van der Waals surface area contributed by atoms with Crippen LogP contribution in [0.2, 0.25) is 0 Å². The van der Waals surface area contributed by atoms with Crippen molar-refractivity contribution in [3.05, 3.63) is 0 Å². The summed E-state index contributed by atoms with van der Waals surface area (Å²) < 4.78 is 5.33. The molecule has 0 saturated carbocycles. The molecule has 46 valence electrons. The molecule has 2 heteroatoms. The molecule has 0 radical (unpaired) electrons. The van der Waals surface area contributed by atoms with Crippen molar-refractivity contribution in [2.24, 2.45) is 4.99 Å². The molecule has 0 aromatic carbocycles. The Balaban J connectivity index is 2.58. The summed E-state index contributed by atoms with van der Waals surface area (Å²) in [6, 6.07) is 0. The van der Waals surface area contributed by atoms with Crippen molar-refractivity contribution < 1.29 is 4.74 Å². The minimum absolute atomic E-state index is 0.199. The Bertz CT molecular complexity index is 118. The Morgan fingerprint density at radius 2 is 2.25 bits per heavy atom. The van der Waals surface area contributed by atoms with Gasteiger partial charge in [-0.3, -0.25) is 4.99 Å². The van der Waals surface area contributed by atoms with Crippen LogP contribution >= 0.6 is 0 Å². The van der Waals surface area contributed by atoms with Gasteiger partial charge in [0.1, 0.15) is 0 Å². The van der Waals surface area contributed by atoms with Crippen molar-refractivity contribution in [3.8, 4) is 0 Å². The van der Waals surface area contributed by atoms with Crippen LogP contribution in [0.4, 0.5) is 0 Å². The van der Waals surface area contributed by atoms with Gasteiger partial charge in [0.05, 0.1) is 6.10 Å². The van der Waals surface area contributed by atoms with Crippen LogP contribution in [0.25, 0.3) is 0 Å². The molecule has 0 spiro atoms. The summed E-state index contributed by atoms with van der Waals surface area (Å²) in [6.45, 7) is 5.89. The normalized spacial score (nSPS) is 33.6. The van der Waals surface area contributed by atoms with E-state index in [1.807, 2.05) is 27.0 Å². The molecule has 1 rings (SSSR count). The number of aliphatic imine (C=N–C) groups is 1. The number of rotatable bonds is 0. The third-order valence-corrected chi connectivity index (χ3v) is 1.07. The second-order valence-corrected chi connectivity index (χ2v) is 2.55. The molecule has 2 nitrogen and oxygen atoms in total. The van der Waals surface area contributed by atoms with Crippen LogP contribution in [0, 0.1) is 0 Å². The van der Waals surface area contributed by atoms with Crippen LogP contribution in [-0.4, -0.2) is 18.0 Å². The zero-order valence-electron chi connectivity index (χ0n) is 5.51. The molecule has 1 aliphatic rings. The second-order valence-electron chi connectivity index (χ2n) is 2.55. The topological polar surface area (TPSA) is 21.6 Å². The molecule has 0 bridgehead atoms. The van der Waals surface area contributed by atoms with E-state index in [-0.39, 0.29) is 11.8 Å². The molecule has 0 aromatic heterocycles. The maximum Gasteiger partial charge on any atom is 0.154 e. The first kappa shape index (κ1) is 5.76. The lowest BCUT2D eigenvalue weighted by Crippen LogP contribution is -2.19. The lowest BCUT2D eigenvalue weighted by molar-refractivity contribution is -0.00675. The Morgan fingerprint density at radius 3 is 2.38 bits per heavy atom. The third kappa shape index (κ3) is 1.07. The van der Waals surface area contributed by atoms with Crippen LogP contribution in [0.15, 0.2) is 4.99 Å². The van der Waals surface area contributed by atoms with E-state index in [0.29, 0.717) is 0 Å². The summed E-state index contributed by atoms with van der Waals surface area (Å²) in [5, 5.41) is 0. The molecule has 1 unspecified atom stereocenters. The zero-order chi connectivity index (χ0) is 6.20. The van der Waals surface area contributed by atoms with Gasteiger partial charge in [-0.1, -0.05) is 0 Å². The highest BCUT2D eigenvalue weighted by atomic mass is 16.5. The fourth-order valence-electron chi connectivity index (χ4n) is 0.800. The molecular weight excluding hydrogens is 102 g/mol. The van der Waals surface area contributed by atoms with E-state index >= 15 is 0 Å². The number of hydrogen-bond acceptors (Lipinski definition) is 2. The first-order valence-corrected chi connectivity index (χ1v) is 2.83. The predicted octanol–water partition coefficient (Wildman–Crippen LogP) is 1.21. The fraction of sp³-hybridized carbons (Fsp3) is 0.833. The Hall–Kier alpha value is -0.370. The molecular formula is C6H11NO. The van der Waals surface area contributed by atoms with Gasteiger partial charge >= 0.3 is 0 Å². The van der Waals surface area contributed by atoms with Crippen LogP contribution in [-0.2, 0) is 4.74 Å². The Morgan fingerprint density at radius 1 is 1.62 bits per heavy atom. The van der Waals surface area contributed by atoms with E-state index in [2.05, 4.69) is 4.99 Å². The highest BCUT2D eigenvalue weighted by Crippen LogP contribution is 2.17. The van der Waals surface area contributed by atoms with Crippen molar-refractivity contribution in [1.29, 1.82) is 0 Å². The SMILES string of the molecule is CC1C=NC(C)(C)O1. The second kappa shape index (κ2) is 1.55. The van der Waals surface area contributed by atoms with Crippen LogP contribution < -0.4 is 0 Å². The van der Waals surface area contributed by atoms with Gasteiger partial charge in [-0.2, -0.15) is 0 Å². The molecule has 0 aliphatic carbocycles. The standard InChI is InChI=1S/C6H11NO/c1-5-4-7-6(2,3)8-5/h4-5H,1-3H3. The van der Waals surface area contributed by atoms with Gasteiger partial charge < -0.3 is 4.74 Å². The fourth-order valence-corrected chi connectivity index (χ4v) is 0.800. The van der Waals surface area contributed by atoms with Crippen molar-refractivity contribution in [1.82, 2.24) is 0 Å². The summed E-state index contributed by atoms with van der Waals surface area (Å²) in [6.07, 6.45) is 2.03. The molecule has 1 aliphatic heterocycles.